The second kappa shape index (κ2) is 9.38. The lowest BCUT2D eigenvalue weighted by atomic mass is 10.1. The van der Waals surface area contributed by atoms with Gasteiger partial charge in [0.2, 0.25) is 5.89 Å². The molecule has 0 bridgehead atoms. The van der Waals surface area contributed by atoms with Crippen molar-refractivity contribution >= 4 is 51.6 Å². The lowest BCUT2D eigenvalue weighted by Gasteiger charge is -2.10. The lowest BCUT2D eigenvalue weighted by Crippen LogP contribution is -2.34. The molecule has 0 spiro atoms. The highest BCUT2D eigenvalue weighted by atomic mass is 35.5. The number of oxazole rings is 1. The Morgan fingerprint density at radius 1 is 1.12 bits per heavy atom. The molecule has 32 heavy (non-hydrogen) atoms. The molecular formula is C24H20ClN3O3S. The van der Waals surface area contributed by atoms with Crippen LogP contribution in [0.3, 0.4) is 0 Å². The van der Waals surface area contributed by atoms with Crippen LogP contribution in [0.5, 0.6) is 5.75 Å². The number of thiocarbonyl (C=S) groups is 1. The summed E-state index contributed by atoms with van der Waals surface area (Å²) in [6, 6.07) is 18.3. The maximum absolute atomic E-state index is 12.5. The van der Waals surface area contributed by atoms with E-state index >= 15 is 0 Å². The molecule has 1 aromatic heterocycles. The van der Waals surface area contributed by atoms with Gasteiger partial charge < -0.3 is 14.5 Å². The molecule has 4 rings (SSSR count). The van der Waals surface area contributed by atoms with E-state index in [1.807, 2.05) is 24.3 Å². The fraction of sp³-hybridized carbons (Fsp3) is 0.125. The van der Waals surface area contributed by atoms with Crippen LogP contribution in [0.4, 0.5) is 5.69 Å². The molecule has 3 aromatic carbocycles. The Morgan fingerprint density at radius 2 is 1.91 bits per heavy atom. The third-order valence-corrected chi connectivity index (χ3v) is 5.40. The van der Waals surface area contributed by atoms with E-state index in [2.05, 4.69) is 34.7 Å². The molecule has 0 fully saturated rings. The highest BCUT2D eigenvalue weighted by molar-refractivity contribution is 7.80. The van der Waals surface area contributed by atoms with E-state index in [0.717, 1.165) is 12.0 Å². The van der Waals surface area contributed by atoms with Crippen molar-refractivity contribution in [1.29, 1.82) is 0 Å². The van der Waals surface area contributed by atoms with Gasteiger partial charge in [-0.05, 0) is 72.7 Å². The minimum Gasteiger partial charge on any atom is -0.495 e. The van der Waals surface area contributed by atoms with E-state index in [1.54, 1.807) is 18.2 Å². The van der Waals surface area contributed by atoms with Crippen molar-refractivity contribution in [2.75, 3.05) is 12.4 Å². The second-order valence-electron chi connectivity index (χ2n) is 7.01. The molecule has 162 valence electrons. The monoisotopic (exact) mass is 465 g/mol. The van der Waals surface area contributed by atoms with Crippen molar-refractivity contribution in [2.45, 2.75) is 13.3 Å². The van der Waals surface area contributed by atoms with Gasteiger partial charge in [0.15, 0.2) is 10.7 Å². The van der Waals surface area contributed by atoms with Crippen molar-refractivity contribution in [3.8, 4) is 17.2 Å². The summed E-state index contributed by atoms with van der Waals surface area (Å²) in [5.41, 5.74) is 4.55. The summed E-state index contributed by atoms with van der Waals surface area (Å²) in [5.74, 6) is 0.657. The first-order valence-electron chi connectivity index (χ1n) is 9.92. The molecule has 0 atom stereocenters. The summed E-state index contributed by atoms with van der Waals surface area (Å²) in [6.07, 6.45) is 0.977. The van der Waals surface area contributed by atoms with Gasteiger partial charge in [-0.3, -0.25) is 10.1 Å². The number of methoxy groups -OCH3 is 1. The zero-order valence-corrected chi connectivity index (χ0v) is 19.0. The first kappa shape index (κ1) is 21.8. The van der Waals surface area contributed by atoms with Crippen molar-refractivity contribution in [2.24, 2.45) is 0 Å². The van der Waals surface area contributed by atoms with Crippen molar-refractivity contribution < 1.29 is 13.9 Å². The second-order valence-corrected chi connectivity index (χ2v) is 7.83. The SMILES string of the molecule is CCc1ccc(-c2nc3cc(NC(=S)NC(=O)c4ccc(OC)c(Cl)c4)ccc3o2)cc1. The van der Waals surface area contributed by atoms with Crippen LogP contribution in [-0.4, -0.2) is 23.1 Å². The minimum absolute atomic E-state index is 0.153. The number of rotatable bonds is 5. The standard InChI is InChI=1S/C24H20ClN3O3S/c1-3-14-4-6-15(7-5-14)23-27-19-13-17(9-11-21(19)31-23)26-24(32)28-22(29)16-8-10-20(30-2)18(25)12-16/h4-13H,3H2,1-2H3,(H2,26,28,29,32). The minimum atomic E-state index is -0.382. The normalized spacial score (nSPS) is 10.7. The van der Waals surface area contributed by atoms with Crippen LogP contribution in [0.2, 0.25) is 5.02 Å². The number of hydrogen-bond donors (Lipinski definition) is 2. The molecule has 6 nitrogen and oxygen atoms in total. The van der Waals surface area contributed by atoms with Gasteiger partial charge in [0.05, 0.1) is 12.1 Å². The summed E-state index contributed by atoms with van der Waals surface area (Å²) in [6.45, 7) is 2.11. The van der Waals surface area contributed by atoms with E-state index in [1.165, 1.54) is 18.7 Å². The summed E-state index contributed by atoms with van der Waals surface area (Å²) < 4.78 is 11.0. The molecule has 0 saturated heterocycles. The fourth-order valence-electron chi connectivity index (χ4n) is 3.16. The number of hydrogen-bond acceptors (Lipinski definition) is 5. The van der Waals surface area contributed by atoms with Crippen LogP contribution >= 0.6 is 23.8 Å². The topological polar surface area (TPSA) is 76.4 Å². The Labute approximate surface area is 195 Å². The molecule has 0 aliphatic heterocycles. The predicted molar refractivity (Wildman–Crippen MR) is 131 cm³/mol. The number of ether oxygens (including phenoxy) is 1. The van der Waals surface area contributed by atoms with Crippen molar-refractivity contribution in [3.05, 3.63) is 76.8 Å². The van der Waals surface area contributed by atoms with E-state index < -0.39 is 0 Å². The molecule has 0 aliphatic carbocycles. The van der Waals surface area contributed by atoms with Crippen LogP contribution < -0.4 is 15.4 Å². The molecule has 1 amide bonds. The van der Waals surface area contributed by atoms with Gasteiger partial charge in [-0.25, -0.2) is 4.98 Å². The Balaban J connectivity index is 1.46. The molecule has 0 saturated carbocycles. The van der Waals surface area contributed by atoms with E-state index in [0.29, 0.717) is 39.0 Å². The Morgan fingerprint density at radius 3 is 2.59 bits per heavy atom. The maximum Gasteiger partial charge on any atom is 0.257 e. The molecule has 0 aliphatic rings. The molecule has 0 unspecified atom stereocenters. The number of aromatic nitrogens is 1. The third kappa shape index (κ3) is 4.74. The van der Waals surface area contributed by atoms with E-state index in [4.69, 9.17) is 33.0 Å². The van der Waals surface area contributed by atoms with Crippen LogP contribution in [0.25, 0.3) is 22.6 Å². The summed E-state index contributed by atoms with van der Waals surface area (Å²) in [4.78, 5) is 17.0. The number of amides is 1. The number of benzene rings is 3. The maximum atomic E-state index is 12.5. The molecule has 4 aromatic rings. The number of nitrogens with zero attached hydrogens (tertiary/aromatic N) is 1. The van der Waals surface area contributed by atoms with E-state index in [9.17, 15) is 4.79 Å². The zero-order valence-electron chi connectivity index (χ0n) is 17.4. The van der Waals surface area contributed by atoms with E-state index in [-0.39, 0.29) is 11.0 Å². The Kier molecular flexibility index (Phi) is 6.39. The fourth-order valence-corrected chi connectivity index (χ4v) is 3.63. The molecule has 8 heteroatoms. The van der Waals surface area contributed by atoms with Gasteiger partial charge in [-0.2, -0.15) is 0 Å². The Hall–Kier alpha value is -3.42. The predicted octanol–water partition coefficient (Wildman–Crippen LogP) is 5.85. The van der Waals surface area contributed by atoms with Crippen molar-refractivity contribution in [3.63, 3.8) is 0 Å². The molecule has 0 radical (unpaired) electrons. The van der Waals surface area contributed by atoms with Crippen LogP contribution in [0.1, 0.15) is 22.8 Å². The van der Waals surface area contributed by atoms with Crippen molar-refractivity contribution in [1.82, 2.24) is 10.3 Å². The highest BCUT2D eigenvalue weighted by Crippen LogP contribution is 2.27. The van der Waals surface area contributed by atoms with Gasteiger partial charge in [0.25, 0.3) is 5.91 Å². The number of nitrogens with one attached hydrogen (secondary N) is 2. The number of halogens is 1. The average molecular weight is 466 g/mol. The average Bonchev–Trinajstić information content (AvgIpc) is 3.22. The number of anilines is 1. The summed E-state index contributed by atoms with van der Waals surface area (Å²) in [7, 11) is 1.51. The third-order valence-electron chi connectivity index (χ3n) is 4.90. The van der Waals surface area contributed by atoms with Gasteiger partial charge in [0, 0.05) is 16.8 Å². The zero-order chi connectivity index (χ0) is 22.7. The highest BCUT2D eigenvalue weighted by Gasteiger charge is 2.12. The first-order valence-corrected chi connectivity index (χ1v) is 10.7. The van der Waals surface area contributed by atoms with Gasteiger partial charge >= 0.3 is 0 Å². The van der Waals surface area contributed by atoms with Gasteiger partial charge in [-0.15, -0.1) is 0 Å². The van der Waals surface area contributed by atoms with Crippen LogP contribution in [0.15, 0.2) is 65.1 Å². The number of fused-ring (bicyclic) bond motifs is 1. The summed E-state index contributed by atoms with van der Waals surface area (Å²) in [5, 5.41) is 6.13. The Bertz CT molecular complexity index is 1300. The number of carbonyl (C=O) groups excluding carboxylic acids is 1. The molecule has 2 N–H and O–H groups in total. The number of carbonyl (C=O) groups is 1. The van der Waals surface area contributed by atoms with Gasteiger partial charge in [0.1, 0.15) is 11.3 Å². The molecule has 1 heterocycles. The molecular weight excluding hydrogens is 446 g/mol. The number of aryl methyl sites for hydroxylation is 1. The van der Waals surface area contributed by atoms with Gasteiger partial charge in [-0.1, -0.05) is 30.7 Å². The quantitative estimate of drug-likeness (QED) is 0.360. The lowest BCUT2D eigenvalue weighted by molar-refractivity contribution is 0.0977. The summed E-state index contributed by atoms with van der Waals surface area (Å²) >= 11 is 11.4. The first-order chi connectivity index (χ1) is 15.5. The largest absolute Gasteiger partial charge is 0.495 e. The smallest absolute Gasteiger partial charge is 0.257 e. The van der Waals surface area contributed by atoms with Crippen LogP contribution in [-0.2, 0) is 6.42 Å². The van der Waals surface area contributed by atoms with Crippen LogP contribution in [0, 0.1) is 0 Å².